The van der Waals surface area contributed by atoms with Crippen molar-refractivity contribution in [3.63, 3.8) is 0 Å². The molecule has 1 amide bonds. The van der Waals surface area contributed by atoms with Crippen molar-refractivity contribution >= 4 is 51.8 Å². The fourth-order valence-corrected chi connectivity index (χ4v) is 4.87. The lowest BCUT2D eigenvalue weighted by Gasteiger charge is -2.13. The van der Waals surface area contributed by atoms with Gasteiger partial charge in [0.25, 0.3) is 0 Å². The number of carbonyl (C=O) groups excluding carboxylic acids is 1. The molecule has 3 nitrogen and oxygen atoms in total. The van der Waals surface area contributed by atoms with Crippen LogP contribution in [0.4, 0.5) is 5.13 Å². The highest BCUT2D eigenvalue weighted by Gasteiger charge is 2.21. The average molecular weight is 385 g/mol. The molecule has 1 aliphatic heterocycles. The summed E-state index contributed by atoms with van der Waals surface area (Å²) in [7, 11) is 0. The third-order valence-corrected chi connectivity index (χ3v) is 6.35. The molecule has 0 saturated heterocycles. The molecule has 2 aromatic carbocycles. The first-order valence-electron chi connectivity index (χ1n) is 7.66. The quantitative estimate of drug-likeness (QED) is 0.587. The summed E-state index contributed by atoms with van der Waals surface area (Å²) in [5, 5.41) is 4.09. The predicted molar refractivity (Wildman–Crippen MR) is 106 cm³/mol. The zero-order valence-electron chi connectivity index (χ0n) is 13.0. The Bertz CT molecular complexity index is 981. The molecule has 25 heavy (non-hydrogen) atoms. The first-order valence-corrected chi connectivity index (χ1v) is 9.84. The minimum absolute atomic E-state index is 0.216. The topological polar surface area (TPSA) is 42.0 Å². The van der Waals surface area contributed by atoms with Crippen molar-refractivity contribution in [3.8, 4) is 11.3 Å². The molecular formula is C19H13ClN2OS2. The Labute approximate surface area is 158 Å². The smallest absolute Gasteiger partial charge is 0.250 e. The van der Waals surface area contributed by atoms with Gasteiger partial charge in [0.05, 0.1) is 5.69 Å². The van der Waals surface area contributed by atoms with E-state index in [0.29, 0.717) is 10.2 Å². The summed E-state index contributed by atoms with van der Waals surface area (Å²) in [5.74, 6) is 0.668. The number of halogens is 1. The summed E-state index contributed by atoms with van der Waals surface area (Å²) in [5.41, 5.74) is 2.92. The lowest BCUT2D eigenvalue weighted by molar-refractivity contribution is -0.111. The number of carbonyl (C=O) groups is 1. The number of fused-ring (bicyclic) bond motifs is 3. The molecule has 0 atom stereocenters. The van der Waals surface area contributed by atoms with Crippen molar-refractivity contribution in [1.82, 2.24) is 4.98 Å². The van der Waals surface area contributed by atoms with E-state index in [4.69, 9.17) is 11.6 Å². The SMILES string of the molecule is O=C(C=Cc1ccccc1Cl)Nc1nc2c(s1)CSc1ccccc1-2. The van der Waals surface area contributed by atoms with E-state index >= 15 is 0 Å². The van der Waals surface area contributed by atoms with E-state index < -0.39 is 0 Å². The Hall–Kier alpha value is -2.08. The maximum Gasteiger partial charge on any atom is 0.250 e. The summed E-state index contributed by atoms with van der Waals surface area (Å²) in [6.07, 6.45) is 3.18. The molecule has 0 spiro atoms. The van der Waals surface area contributed by atoms with Crippen LogP contribution >= 0.6 is 34.7 Å². The molecule has 1 N–H and O–H groups in total. The van der Waals surface area contributed by atoms with Crippen LogP contribution in [0.2, 0.25) is 5.02 Å². The van der Waals surface area contributed by atoms with Crippen LogP contribution in [0.15, 0.2) is 59.5 Å². The average Bonchev–Trinajstić information content (AvgIpc) is 3.04. The van der Waals surface area contributed by atoms with E-state index in [1.54, 1.807) is 23.9 Å². The fraction of sp³-hybridized carbons (Fsp3) is 0.0526. The van der Waals surface area contributed by atoms with Gasteiger partial charge in [0.2, 0.25) is 5.91 Å². The van der Waals surface area contributed by atoms with Crippen LogP contribution in [0.1, 0.15) is 10.4 Å². The van der Waals surface area contributed by atoms with Gasteiger partial charge in [0, 0.05) is 32.2 Å². The summed E-state index contributed by atoms with van der Waals surface area (Å²) in [4.78, 5) is 19.2. The van der Waals surface area contributed by atoms with Crippen LogP contribution in [0, 0.1) is 0 Å². The van der Waals surface area contributed by atoms with Gasteiger partial charge in [-0.2, -0.15) is 0 Å². The Kier molecular flexibility index (Phi) is 4.61. The highest BCUT2D eigenvalue weighted by Crippen LogP contribution is 2.44. The number of hydrogen-bond donors (Lipinski definition) is 1. The van der Waals surface area contributed by atoms with E-state index in [9.17, 15) is 4.79 Å². The third kappa shape index (κ3) is 3.49. The maximum atomic E-state index is 12.2. The molecule has 0 bridgehead atoms. The van der Waals surface area contributed by atoms with Crippen molar-refractivity contribution in [1.29, 1.82) is 0 Å². The number of rotatable bonds is 3. The lowest BCUT2D eigenvalue weighted by atomic mass is 10.1. The normalized spacial score (nSPS) is 12.7. The number of hydrogen-bond acceptors (Lipinski definition) is 4. The molecule has 2 heterocycles. The van der Waals surface area contributed by atoms with E-state index in [-0.39, 0.29) is 5.91 Å². The van der Waals surface area contributed by atoms with Crippen LogP contribution in [0.5, 0.6) is 0 Å². The van der Waals surface area contributed by atoms with Gasteiger partial charge < -0.3 is 0 Å². The molecule has 124 valence electrons. The summed E-state index contributed by atoms with van der Waals surface area (Å²) < 4.78 is 0. The van der Waals surface area contributed by atoms with Gasteiger partial charge >= 0.3 is 0 Å². The van der Waals surface area contributed by atoms with E-state index in [1.807, 2.05) is 30.3 Å². The second-order valence-electron chi connectivity index (χ2n) is 5.42. The first-order chi connectivity index (χ1) is 12.2. The van der Waals surface area contributed by atoms with Crippen molar-refractivity contribution < 1.29 is 4.79 Å². The summed E-state index contributed by atoms with van der Waals surface area (Å²) >= 11 is 9.42. The van der Waals surface area contributed by atoms with Gasteiger partial charge in [-0.3, -0.25) is 10.1 Å². The van der Waals surface area contributed by atoms with Crippen LogP contribution < -0.4 is 5.32 Å². The van der Waals surface area contributed by atoms with Gasteiger partial charge in [0.1, 0.15) is 0 Å². The molecule has 1 aromatic heterocycles. The summed E-state index contributed by atoms with van der Waals surface area (Å²) in [6, 6.07) is 15.6. The van der Waals surface area contributed by atoms with E-state index in [1.165, 1.54) is 27.2 Å². The molecule has 4 rings (SSSR count). The zero-order chi connectivity index (χ0) is 17.2. The molecule has 0 unspecified atom stereocenters. The van der Waals surface area contributed by atoms with Gasteiger partial charge in [-0.15, -0.1) is 23.1 Å². The third-order valence-electron chi connectivity index (χ3n) is 3.75. The van der Waals surface area contributed by atoms with E-state index in [0.717, 1.165) is 22.6 Å². The Balaban J connectivity index is 1.52. The van der Waals surface area contributed by atoms with Crippen LogP contribution in [0.3, 0.4) is 0 Å². The Morgan fingerprint density at radius 1 is 1.16 bits per heavy atom. The highest BCUT2D eigenvalue weighted by molar-refractivity contribution is 7.98. The van der Waals surface area contributed by atoms with Crippen LogP contribution in [-0.2, 0) is 10.5 Å². The van der Waals surface area contributed by atoms with Crippen molar-refractivity contribution in [2.24, 2.45) is 0 Å². The minimum Gasteiger partial charge on any atom is -0.298 e. The number of nitrogens with one attached hydrogen (secondary N) is 1. The van der Waals surface area contributed by atoms with E-state index in [2.05, 4.69) is 22.4 Å². The number of thioether (sulfide) groups is 1. The number of nitrogens with zero attached hydrogens (tertiary/aromatic N) is 1. The standard InChI is InChI=1S/C19H13ClN2OS2/c20-14-7-3-1-5-12(14)9-10-17(23)21-19-22-18-13-6-2-4-8-15(13)24-11-16(18)25-19/h1-10H,11H2,(H,21,22,23). The van der Waals surface area contributed by atoms with Crippen molar-refractivity contribution in [2.45, 2.75) is 10.6 Å². The van der Waals surface area contributed by atoms with Gasteiger partial charge in [-0.05, 0) is 23.8 Å². The van der Waals surface area contributed by atoms with Gasteiger partial charge in [-0.25, -0.2) is 4.98 Å². The largest absolute Gasteiger partial charge is 0.298 e. The molecule has 0 aliphatic carbocycles. The number of anilines is 1. The van der Waals surface area contributed by atoms with Crippen LogP contribution in [-0.4, -0.2) is 10.9 Å². The fourth-order valence-electron chi connectivity index (χ4n) is 2.57. The van der Waals surface area contributed by atoms with Gasteiger partial charge in [0.15, 0.2) is 5.13 Å². The lowest BCUT2D eigenvalue weighted by Crippen LogP contribution is -2.07. The second kappa shape index (κ2) is 7.04. The number of aromatic nitrogens is 1. The van der Waals surface area contributed by atoms with Crippen molar-refractivity contribution in [3.05, 3.63) is 70.1 Å². The highest BCUT2D eigenvalue weighted by atomic mass is 35.5. The Morgan fingerprint density at radius 2 is 1.96 bits per heavy atom. The van der Waals surface area contributed by atoms with Gasteiger partial charge in [-0.1, -0.05) is 48.0 Å². The maximum absolute atomic E-state index is 12.2. The first kappa shape index (κ1) is 16.4. The Morgan fingerprint density at radius 3 is 2.84 bits per heavy atom. The zero-order valence-corrected chi connectivity index (χ0v) is 15.4. The monoisotopic (exact) mass is 384 g/mol. The summed E-state index contributed by atoms with van der Waals surface area (Å²) in [6.45, 7) is 0. The molecular weight excluding hydrogens is 372 g/mol. The molecule has 0 saturated carbocycles. The number of benzene rings is 2. The minimum atomic E-state index is -0.216. The molecule has 3 aromatic rings. The number of thiazole rings is 1. The number of amides is 1. The van der Waals surface area contributed by atoms with Crippen LogP contribution in [0.25, 0.3) is 17.3 Å². The molecule has 6 heteroatoms. The predicted octanol–water partition coefficient (Wildman–Crippen LogP) is 5.72. The second-order valence-corrected chi connectivity index (χ2v) is 7.93. The molecule has 0 radical (unpaired) electrons. The van der Waals surface area contributed by atoms with Crippen molar-refractivity contribution in [2.75, 3.05) is 5.32 Å². The molecule has 1 aliphatic rings. The molecule has 0 fully saturated rings.